The molecule has 37 heavy (non-hydrogen) atoms. The van der Waals surface area contributed by atoms with E-state index >= 15 is 0 Å². The number of pyridine rings is 1. The maximum atomic E-state index is 14.3. The van der Waals surface area contributed by atoms with Crippen LogP contribution in [-0.2, 0) is 4.74 Å². The van der Waals surface area contributed by atoms with Gasteiger partial charge < -0.3 is 15.0 Å². The lowest BCUT2D eigenvalue weighted by Gasteiger charge is -2.21. The second-order valence-corrected chi connectivity index (χ2v) is 8.48. The zero-order valence-electron chi connectivity index (χ0n) is 19.7. The molecule has 4 heterocycles. The lowest BCUT2D eigenvalue weighted by atomic mass is 10.1. The number of hydrazone groups is 1. The second kappa shape index (κ2) is 11.7. The molecule has 4 aromatic rings. The van der Waals surface area contributed by atoms with Crippen LogP contribution in [0.5, 0.6) is 0 Å². The molecule has 188 valence electrons. The lowest BCUT2D eigenvalue weighted by molar-refractivity contribution is 0.152. The second-order valence-electron chi connectivity index (χ2n) is 8.07. The number of nitrogens with zero attached hydrogens (tertiary/aromatic N) is 7. The number of hydrogen-bond acceptors (Lipinski definition) is 10. The van der Waals surface area contributed by atoms with E-state index in [9.17, 15) is 4.39 Å². The fourth-order valence-electron chi connectivity index (χ4n) is 3.72. The Morgan fingerprint density at radius 1 is 1.03 bits per heavy atom. The van der Waals surface area contributed by atoms with E-state index in [-0.39, 0.29) is 11.8 Å². The predicted molar refractivity (Wildman–Crippen MR) is 141 cm³/mol. The standard InChI is InChI=1S/C25H23ClFN9O/c26-21-12-17(4-5-20(21)23-6-7-28-16-31-23)33-19-3-2-18(29-13-19)14-32-35-25-30-15-22(27)24(34-25)36-8-1-10-37-11-9-36/h2-7,12-16,33H,1,8-11H2,(H,30,34,35)/b32-14+. The Bertz CT molecular complexity index is 1360. The molecule has 3 aromatic heterocycles. The Morgan fingerprint density at radius 2 is 1.95 bits per heavy atom. The summed E-state index contributed by atoms with van der Waals surface area (Å²) in [4.78, 5) is 22.6. The Labute approximate surface area is 217 Å². The molecule has 0 radical (unpaired) electrons. The highest BCUT2D eigenvalue weighted by Crippen LogP contribution is 2.30. The third-order valence-corrected chi connectivity index (χ3v) is 5.82. The molecule has 2 N–H and O–H groups in total. The van der Waals surface area contributed by atoms with Gasteiger partial charge in [0.2, 0.25) is 5.95 Å². The number of ether oxygens (including phenoxy) is 1. The zero-order valence-corrected chi connectivity index (χ0v) is 20.4. The summed E-state index contributed by atoms with van der Waals surface area (Å²) in [5.41, 5.74) is 6.52. The SMILES string of the molecule is Fc1cnc(N/N=C/c2ccc(Nc3ccc(-c4ccncn4)c(Cl)c3)cn2)nc1N1CCCOCC1. The van der Waals surface area contributed by atoms with Crippen LogP contribution < -0.4 is 15.6 Å². The van der Waals surface area contributed by atoms with Gasteiger partial charge in [-0.15, -0.1) is 0 Å². The highest BCUT2D eigenvalue weighted by molar-refractivity contribution is 6.33. The van der Waals surface area contributed by atoms with Gasteiger partial charge in [-0.05, 0) is 42.8 Å². The lowest BCUT2D eigenvalue weighted by Crippen LogP contribution is -2.28. The summed E-state index contributed by atoms with van der Waals surface area (Å²) in [6.45, 7) is 2.42. The zero-order chi connectivity index (χ0) is 25.5. The first-order valence-electron chi connectivity index (χ1n) is 11.6. The fourth-order valence-corrected chi connectivity index (χ4v) is 4.00. The Kier molecular flexibility index (Phi) is 7.72. The molecule has 5 rings (SSSR count). The first-order chi connectivity index (χ1) is 18.2. The van der Waals surface area contributed by atoms with Gasteiger partial charge in [0, 0.05) is 37.1 Å². The molecular formula is C25H23ClFN9O. The summed E-state index contributed by atoms with van der Waals surface area (Å²) >= 11 is 6.45. The van der Waals surface area contributed by atoms with E-state index in [1.54, 1.807) is 24.5 Å². The van der Waals surface area contributed by atoms with Gasteiger partial charge in [0.1, 0.15) is 6.33 Å². The van der Waals surface area contributed by atoms with E-state index < -0.39 is 5.82 Å². The Balaban J connectivity index is 1.20. The molecule has 0 amide bonds. The quantitative estimate of drug-likeness (QED) is 0.268. The van der Waals surface area contributed by atoms with Gasteiger partial charge in [-0.1, -0.05) is 11.6 Å². The van der Waals surface area contributed by atoms with Crippen LogP contribution in [-0.4, -0.2) is 57.4 Å². The largest absolute Gasteiger partial charge is 0.380 e. The molecule has 12 heteroatoms. The number of halogens is 2. The predicted octanol–water partition coefficient (Wildman–Crippen LogP) is 4.54. The minimum Gasteiger partial charge on any atom is -0.380 e. The van der Waals surface area contributed by atoms with Crippen LogP contribution >= 0.6 is 11.6 Å². The Hall–Kier alpha value is -4.22. The van der Waals surface area contributed by atoms with Crippen molar-refractivity contribution in [1.29, 1.82) is 0 Å². The van der Waals surface area contributed by atoms with Crippen LogP contribution in [0.4, 0.5) is 27.5 Å². The maximum absolute atomic E-state index is 14.3. The first kappa shape index (κ1) is 24.5. The van der Waals surface area contributed by atoms with E-state index in [4.69, 9.17) is 16.3 Å². The van der Waals surface area contributed by atoms with Crippen molar-refractivity contribution < 1.29 is 9.13 Å². The summed E-state index contributed by atoms with van der Waals surface area (Å²) in [5, 5.41) is 7.98. The monoisotopic (exact) mass is 519 g/mol. The maximum Gasteiger partial charge on any atom is 0.245 e. The normalized spacial score (nSPS) is 13.9. The molecule has 1 aliphatic heterocycles. The summed E-state index contributed by atoms with van der Waals surface area (Å²) in [6.07, 6.45) is 8.32. The van der Waals surface area contributed by atoms with Crippen molar-refractivity contribution in [3.8, 4) is 11.3 Å². The van der Waals surface area contributed by atoms with E-state index in [1.807, 2.05) is 29.2 Å². The van der Waals surface area contributed by atoms with E-state index in [1.165, 1.54) is 12.5 Å². The number of nitrogens with one attached hydrogen (secondary N) is 2. The number of benzene rings is 1. The molecule has 0 unspecified atom stereocenters. The van der Waals surface area contributed by atoms with Crippen LogP contribution in [0.3, 0.4) is 0 Å². The van der Waals surface area contributed by atoms with Gasteiger partial charge >= 0.3 is 0 Å². The van der Waals surface area contributed by atoms with Crippen LogP contribution in [0.2, 0.25) is 5.02 Å². The van der Waals surface area contributed by atoms with Gasteiger partial charge in [-0.3, -0.25) is 4.98 Å². The molecule has 0 bridgehead atoms. The van der Waals surface area contributed by atoms with Crippen molar-refractivity contribution in [3.05, 3.63) is 77.8 Å². The van der Waals surface area contributed by atoms with E-state index in [0.717, 1.165) is 35.2 Å². The van der Waals surface area contributed by atoms with E-state index in [0.29, 0.717) is 37.0 Å². The highest BCUT2D eigenvalue weighted by Gasteiger charge is 2.17. The van der Waals surface area contributed by atoms with Crippen molar-refractivity contribution in [1.82, 2.24) is 24.9 Å². The van der Waals surface area contributed by atoms with Crippen molar-refractivity contribution in [2.75, 3.05) is 41.9 Å². The molecule has 0 saturated carbocycles. The number of hydrogen-bond donors (Lipinski definition) is 2. The summed E-state index contributed by atoms with van der Waals surface area (Å²) in [6, 6.07) is 11.1. The van der Waals surface area contributed by atoms with Gasteiger partial charge in [-0.2, -0.15) is 10.1 Å². The first-order valence-corrected chi connectivity index (χ1v) is 12.0. The third-order valence-electron chi connectivity index (χ3n) is 5.51. The molecular weight excluding hydrogens is 497 g/mol. The van der Waals surface area contributed by atoms with Gasteiger partial charge in [0.25, 0.3) is 0 Å². The van der Waals surface area contributed by atoms with Crippen LogP contribution in [0.15, 0.2) is 66.4 Å². The molecule has 1 saturated heterocycles. The summed E-state index contributed by atoms with van der Waals surface area (Å²) < 4.78 is 19.7. The highest BCUT2D eigenvalue weighted by atomic mass is 35.5. The van der Waals surface area contributed by atoms with Crippen molar-refractivity contribution in [3.63, 3.8) is 0 Å². The number of rotatable bonds is 7. The van der Waals surface area contributed by atoms with Crippen molar-refractivity contribution in [2.24, 2.45) is 5.10 Å². The minimum absolute atomic E-state index is 0.193. The summed E-state index contributed by atoms with van der Waals surface area (Å²) in [7, 11) is 0. The van der Waals surface area contributed by atoms with Crippen molar-refractivity contribution in [2.45, 2.75) is 6.42 Å². The smallest absolute Gasteiger partial charge is 0.245 e. The molecule has 1 fully saturated rings. The van der Waals surface area contributed by atoms with Crippen LogP contribution in [0.1, 0.15) is 12.1 Å². The van der Waals surface area contributed by atoms with Gasteiger partial charge in [-0.25, -0.2) is 24.8 Å². The third kappa shape index (κ3) is 6.32. The molecule has 1 aliphatic rings. The van der Waals surface area contributed by atoms with E-state index in [2.05, 4.69) is 40.8 Å². The number of aromatic nitrogens is 5. The fraction of sp³-hybridized carbons (Fsp3) is 0.200. The molecule has 0 spiro atoms. The number of anilines is 4. The van der Waals surface area contributed by atoms with Crippen LogP contribution in [0, 0.1) is 5.82 Å². The average molecular weight is 520 g/mol. The molecule has 0 atom stereocenters. The van der Waals surface area contributed by atoms with Gasteiger partial charge in [0.05, 0.1) is 47.3 Å². The van der Waals surface area contributed by atoms with Crippen molar-refractivity contribution >= 4 is 41.0 Å². The average Bonchev–Trinajstić information content (AvgIpc) is 3.21. The molecule has 1 aromatic carbocycles. The van der Waals surface area contributed by atoms with Crippen LogP contribution in [0.25, 0.3) is 11.3 Å². The molecule has 10 nitrogen and oxygen atoms in total. The summed E-state index contributed by atoms with van der Waals surface area (Å²) in [5.74, 6) is -0.0542. The topological polar surface area (TPSA) is 113 Å². The minimum atomic E-state index is -0.480. The molecule has 0 aliphatic carbocycles. The Morgan fingerprint density at radius 3 is 2.76 bits per heavy atom. The van der Waals surface area contributed by atoms with Gasteiger partial charge in [0.15, 0.2) is 11.6 Å².